The van der Waals surface area contributed by atoms with Crippen LogP contribution in [0.1, 0.15) is 41.5 Å². The molecule has 0 spiro atoms. The lowest BCUT2D eigenvalue weighted by molar-refractivity contribution is 0.118. The second-order valence-electron chi connectivity index (χ2n) is 8.20. The number of rotatable bonds is 8. The van der Waals surface area contributed by atoms with Gasteiger partial charge in [0.2, 0.25) is 0 Å². The number of hydrogen-bond donors (Lipinski definition) is 0. The molecule has 0 aromatic carbocycles. The van der Waals surface area contributed by atoms with Crippen LogP contribution in [0.5, 0.6) is 0 Å². The average Bonchev–Trinajstić information content (AvgIpc) is 2.39. The Morgan fingerprint density at radius 3 is 2.13 bits per heavy atom. The average molecular weight is 339 g/mol. The van der Waals surface area contributed by atoms with E-state index in [1.807, 2.05) is 31.3 Å². The first-order chi connectivity index (χ1) is 10.3. The van der Waals surface area contributed by atoms with Crippen molar-refractivity contribution in [3.8, 4) is 0 Å². The van der Waals surface area contributed by atoms with Crippen LogP contribution in [0.3, 0.4) is 0 Å². The molecule has 23 heavy (non-hydrogen) atoms. The molecule has 0 amide bonds. The highest BCUT2D eigenvalue weighted by molar-refractivity contribution is 6.74. The van der Waals surface area contributed by atoms with Crippen LogP contribution < -0.4 is 0 Å². The van der Waals surface area contributed by atoms with Crippen LogP contribution in [0.2, 0.25) is 18.1 Å². The van der Waals surface area contributed by atoms with Crippen molar-refractivity contribution in [2.24, 2.45) is 16.9 Å². The number of hydrogen-bond acceptors (Lipinski definition) is 3. The minimum Gasteiger partial charge on any atom is -0.413 e. The lowest BCUT2D eigenvalue weighted by atomic mass is 9.90. The van der Waals surface area contributed by atoms with Crippen LogP contribution in [0.15, 0.2) is 29.9 Å². The van der Waals surface area contributed by atoms with Gasteiger partial charge in [0.05, 0.1) is 6.10 Å². The van der Waals surface area contributed by atoms with E-state index in [2.05, 4.69) is 72.4 Å². The summed E-state index contributed by atoms with van der Waals surface area (Å²) in [6.45, 7) is 21.8. The van der Waals surface area contributed by atoms with Crippen molar-refractivity contribution in [3.63, 3.8) is 0 Å². The molecule has 0 rings (SSSR count). The molecule has 0 heterocycles. The molecular weight excluding hydrogens is 300 g/mol. The Balaban J connectivity index is 5.57. The zero-order chi connectivity index (χ0) is 18.4. The molecule has 0 fully saturated rings. The predicted octanol–water partition coefficient (Wildman–Crippen LogP) is 5.33. The van der Waals surface area contributed by atoms with Crippen LogP contribution in [-0.4, -0.2) is 39.2 Å². The number of nitrogens with zero attached hydrogens (tertiary/aromatic N) is 2. The molecule has 3 atom stereocenters. The van der Waals surface area contributed by atoms with Gasteiger partial charge in [0.25, 0.3) is 0 Å². The zero-order valence-electron chi connectivity index (χ0n) is 17.0. The summed E-state index contributed by atoms with van der Waals surface area (Å²) in [7, 11) is 2.07. The minimum absolute atomic E-state index is 0.121. The van der Waals surface area contributed by atoms with E-state index < -0.39 is 8.32 Å². The Hall–Kier alpha value is -0.873. The van der Waals surface area contributed by atoms with E-state index >= 15 is 0 Å². The summed E-state index contributed by atoms with van der Waals surface area (Å²) in [5.41, 5.74) is 1.11. The monoisotopic (exact) mass is 338 g/mol. The molecule has 0 aliphatic heterocycles. The van der Waals surface area contributed by atoms with Gasteiger partial charge in [0, 0.05) is 25.7 Å². The van der Waals surface area contributed by atoms with Crippen molar-refractivity contribution in [1.29, 1.82) is 0 Å². The first-order valence-corrected chi connectivity index (χ1v) is 11.4. The Morgan fingerprint density at radius 2 is 1.74 bits per heavy atom. The number of hydrazone groups is 1. The van der Waals surface area contributed by atoms with E-state index in [1.54, 1.807) is 0 Å². The molecule has 0 aromatic heterocycles. The first kappa shape index (κ1) is 22.1. The van der Waals surface area contributed by atoms with Crippen LogP contribution in [0.4, 0.5) is 0 Å². The van der Waals surface area contributed by atoms with Crippen molar-refractivity contribution in [2.75, 3.05) is 14.1 Å². The van der Waals surface area contributed by atoms with E-state index in [4.69, 9.17) is 4.43 Å². The van der Waals surface area contributed by atoms with Gasteiger partial charge in [-0.1, -0.05) is 59.4 Å². The lowest BCUT2D eigenvalue weighted by Crippen LogP contribution is -2.48. The minimum atomic E-state index is -1.85. The SMILES string of the molecule is C=C/C=C/[C@H](C)[C@H](O[Si](C)(C)C(C)(C)C)[C@@H](C)/C(C)=N/N(C)C. The second kappa shape index (κ2) is 8.83. The standard InChI is InChI=1S/C19H38N2OSi/c1-12-13-14-15(2)18(16(3)17(4)20-21(8)9)22-23(10,11)19(5,6)7/h12-16,18H,1H2,2-11H3/b14-13+,20-17+/t15-,16-,18-/m0/s1. The van der Waals surface area contributed by atoms with E-state index in [9.17, 15) is 0 Å². The van der Waals surface area contributed by atoms with Gasteiger partial charge in [0.15, 0.2) is 8.32 Å². The summed E-state index contributed by atoms with van der Waals surface area (Å²) in [6.07, 6.45) is 6.14. The third-order valence-electron chi connectivity index (χ3n) is 4.82. The van der Waals surface area contributed by atoms with Crippen molar-refractivity contribution in [2.45, 2.75) is 65.8 Å². The summed E-state index contributed by atoms with van der Waals surface area (Å²) in [4.78, 5) is 0. The molecule has 0 bridgehead atoms. The fourth-order valence-corrected chi connectivity index (χ4v) is 3.64. The maximum Gasteiger partial charge on any atom is 0.192 e. The van der Waals surface area contributed by atoms with Crippen molar-refractivity contribution < 1.29 is 4.43 Å². The molecule has 0 saturated heterocycles. The normalized spacial score (nSPS) is 17.9. The quantitative estimate of drug-likeness (QED) is 0.259. The summed E-state index contributed by atoms with van der Waals surface area (Å²) in [5, 5.41) is 6.65. The molecular formula is C19H38N2OSi. The van der Waals surface area contributed by atoms with Crippen LogP contribution in [-0.2, 0) is 4.43 Å². The van der Waals surface area contributed by atoms with E-state index in [-0.39, 0.29) is 17.1 Å². The smallest absolute Gasteiger partial charge is 0.192 e. The molecule has 134 valence electrons. The predicted molar refractivity (Wildman–Crippen MR) is 107 cm³/mol. The third-order valence-corrected chi connectivity index (χ3v) is 9.29. The summed E-state index contributed by atoms with van der Waals surface area (Å²) in [5.74, 6) is 0.570. The van der Waals surface area contributed by atoms with Gasteiger partial charge >= 0.3 is 0 Å². The third kappa shape index (κ3) is 7.04. The Bertz CT molecular complexity index is 433. The molecule has 0 N–H and O–H groups in total. The lowest BCUT2D eigenvalue weighted by Gasteiger charge is -2.42. The fourth-order valence-electron chi connectivity index (χ4n) is 2.19. The Kier molecular flexibility index (Phi) is 8.50. The van der Waals surface area contributed by atoms with Gasteiger partial charge in [-0.25, -0.2) is 0 Å². The molecule has 0 aliphatic rings. The highest BCUT2D eigenvalue weighted by Gasteiger charge is 2.41. The van der Waals surface area contributed by atoms with Gasteiger partial charge < -0.3 is 9.43 Å². The van der Waals surface area contributed by atoms with Gasteiger partial charge in [-0.2, -0.15) is 5.10 Å². The van der Waals surface area contributed by atoms with Gasteiger partial charge in [0.1, 0.15) is 0 Å². The molecule has 0 radical (unpaired) electrons. The number of allylic oxidation sites excluding steroid dienone is 2. The van der Waals surface area contributed by atoms with Crippen LogP contribution >= 0.6 is 0 Å². The molecule has 0 aliphatic carbocycles. The summed E-state index contributed by atoms with van der Waals surface area (Å²) >= 11 is 0. The van der Waals surface area contributed by atoms with Crippen molar-refractivity contribution in [3.05, 3.63) is 24.8 Å². The van der Waals surface area contributed by atoms with Crippen LogP contribution in [0, 0.1) is 11.8 Å². The first-order valence-electron chi connectivity index (χ1n) is 8.53. The zero-order valence-corrected chi connectivity index (χ0v) is 18.0. The largest absolute Gasteiger partial charge is 0.413 e. The molecule has 3 nitrogen and oxygen atoms in total. The Morgan fingerprint density at radius 1 is 1.22 bits per heavy atom. The van der Waals surface area contributed by atoms with Gasteiger partial charge in [-0.15, -0.1) is 0 Å². The molecule has 0 aromatic rings. The van der Waals surface area contributed by atoms with Crippen molar-refractivity contribution >= 4 is 14.0 Å². The van der Waals surface area contributed by atoms with Crippen LogP contribution in [0.25, 0.3) is 0 Å². The molecule has 0 saturated carbocycles. The van der Waals surface area contributed by atoms with E-state index in [0.717, 1.165) is 5.71 Å². The maximum atomic E-state index is 6.78. The fraction of sp³-hybridized carbons (Fsp3) is 0.737. The van der Waals surface area contributed by atoms with Gasteiger partial charge in [-0.05, 0) is 31.0 Å². The summed E-state index contributed by atoms with van der Waals surface area (Å²) in [6, 6.07) is 0. The summed E-state index contributed by atoms with van der Waals surface area (Å²) < 4.78 is 6.78. The van der Waals surface area contributed by atoms with E-state index in [1.165, 1.54) is 0 Å². The second-order valence-corrected chi connectivity index (χ2v) is 13.0. The van der Waals surface area contributed by atoms with Crippen molar-refractivity contribution in [1.82, 2.24) is 5.01 Å². The molecule has 4 heteroatoms. The van der Waals surface area contributed by atoms with E-state index in [0.29, 0.717) is 5.92 Å². The highest BCUT2D eigenvalue weighted by atomic mass is 28.4. The topological polar surface area (TPSA) is 24.8 Å². The van der Waals surface area contributed by atoms with Gasteiger partial charge in [-0.3, -0.25) is 0 Å². The maximum absolute atomic E-state index is 6.78. The molecule has 0 unspecified atom stereocenters. The highest BCUT2D eigenvalue weighted by Crippen LogP contribution is 2.39. The Labute approximate surface area is 145 Å².